The Balaban J connectivity index is 1.67. The number of H-pyrrole nitrogens is 1. The lowest BCUT2D eigenvalue weighted by molar-refractivity contribution is -0.128. The number of imidazole rings is 1. The number of nitrogens with zero attached hydrogens (tertiary/aromatic N) is 2. The zero-order valence-corrected chi connectivity index (χ0v) is 17.6. The maximum atomic E-state index is 13.1. The van der Waals surface area contributed by atoms with E-state index in [-0.39, 0.29) is 5.91 Å². The van der Waals surface area contributed by atoms with E-state index in [1.165, 1.54) is 17.7 Å². The second-order valence-electron chi connectivity index (χ2n) is 9.00. The maximum Gasteiger partial charge on any atom is 0.417 e. The average Bonchev–Trinajstić information content (AvgIpc) is 3.38. The van der Waals surface area contributed by atoms with Crippen LogP contribution in [0.25, 0.3) is 11.0 Å². The molecule has 29 heavy (non-hydrogen) atoms. The van der Waals surface area contributed by atoms with Crippen molar-refractivity contribution in [2.45, 2.75) is 70.3 Å². The van der Waals surface area contributed by atoms with Crippen LogP contribution in [0.4, 0.5) is 4.79 Å². The van der Waals surface area contributed by atoms with Crippen molar-refractivity contribution in [3.8, 4) is 5.75 Å². The van der Waals surface area contributed by atoms with Crippen LogP contribution in [0.3, 0.4) is 0 Å². The number of rotatable bonds is 3. The van der Waals surface area contributed by atoms with Crippen LogP contribution in [0.5, 0.6) is 5.75 Å². The molecule has 1 saturated heterocycles. The number of ether oxygens (including phenoxy) is 2. The number of hydrogen-bond acceptors (Lipinski definition) is 5. The largest absolute Gasteiger partial charge is 0.494 e. The number of methoxy groups -OCH3 is 1. The van der Waals surface area contributed by atoms with Crippen LogP contribution in [0.1, 0.15) is 76.1 Å². The molecular formula is C22H29N3O4. The molecule has 1 aromatic carbocycles. The SMILES string of the molecule is COc1ccc(C2CCN(C(=O)OC(C)(C)C)C2=O)c2nc(C3CCCC3)[nH]c12. The van der Waals surface area contributed by atoms with Crippen LogP contribution >= 0.6 is 0 Å². The number of benzene rings is 1. The third-order valence-electron chi connectivity index (χ3n) is 5.81. The van der Waals surface area contributed by atoms with Crippen LogP contribution in [0.2, 0.25) is 0 Å². The Morgan fingerprint density at radius 3 is 2.59 bits per heavy atom. The third-order valence-corrected chi connectivity index (χ3v) is 5.81. The molecule has 1 aromatic heterocycles. The Hall–Kier alpha value is -2.57. The molecule has 4 rings (SSSR count). The lowest BCUT2D eigenvalue weighted by Crippen LogP contribution is -2.38. The fourth-order valence-electron chi connectivity index (χ4n) is 4.42. The molecule has 0 bridgehead atoms. The van der Waals surface area contributed by atoms with Crippen LogP contribution in [-0.2, 0) is 9.53 Å². The molecule has 1 aliphatic carbocycles. The highest BCUT2D eigenvalue weighted by Crippen LogP contribution is 2.39. The summed E-state index contributed by atoms with van der Waals surface area (Å²) < 4.78 is 10.9. The predicted octanol–water partition coefficient (Wildman–Crippen LogP) is 4.48. The lowest BCUT2D eigenvalue weighted by Gasteiger charge is -2.23. The number of amides is 2. The number of imide groups is 1. The minimum Gasteiger partial charge on any atom is -0.494 e. The molecule has 1 saturated carbocycles. The van der Waals surface area contributed by atoms with E-state index in [0.717, 1.165) is 41.0 Å². The number of hydrogen-bond donors (Lipinski definition) is 1. The van der Waals surface area contributed by atoms with Gasteiger partial charge in [0.05, 0.1) is 18.5 Å². The van der Waals surface area contributed by atoms with Crippen molar-refractivity contribution in [3.05, 3.63) is 23.5 Å². The number of likely N-dealkylation sites (tertiary alicyclic amines) is 1. The molecule has 1 atom stereocenters. The second-order valence-corrected chi connectivity index (χ2v) is 9.00. The summed E-state index contributed by atoms with van der Waals surface area (Å²) in [4.78, 5) is 35.0. The van der Waals surface area contributed by atoms with Gasteiger partial charge in [0.2, 0.25) is 5.91 Å². The first-order valence-electron chi connectivity index (χ1n) is 10.4. The molecule has 7 nitrogen and oxygen atoms in total. The summed E-state index contributed by atoms with van der Waals surface area (Å²) in [5.41, 5.74) is 1.81. The van der Waals surface area contributed by atoms with Gasteiger partial charge in [-0.25, -0.2) is 14.7 Å². The fraction of sp³-hybridized carbons (Fsp3) is 0.591. The van der Waals surface area contributed by atoms with Crippen LogP contribution in [-0.4, -0.2) is 46.1 Å². The van der Waals surface area contributed by atoms with Gasteiger partial charge >= 0.3 is 6.09 Å². The van der Waals surface area contributed by atoms with Gasteiger partial charge in [0.15, 0.2) is 0 Å². The molecular weight excluding hydrogens is 370 g/mol. The van der Waals surface area contributed by atoms with Crippen molar-refractivity contribution in [2.75, 3.05) is 13.7 Å². The Kier molecular flexibility index (Phi) is 5.00. The van der Waals surface area contributed by atoms with Gasteiger partial charge in [-0.05, 0) is 51.7 Å². The minimum absolute atomic E-state index is 0.226. The van der Waals surface area contributed by atoms with Crippen LogP contribution in [0.15, 0.2) is 12.1 Å². The summed E-state index contributed by atoms with van der Waals surface area (Å²) in [7, 11) is 1.63. The molecule has 156 valence electrons. The number of carbonyl (C=O) groups is 2. The second kappa shape index (κ2) is 7.35. The highest BCUT2D eigenvalue weighted by molar-refractivity contribution is 6.00. The Morgan fingerprint density at radius 1 is 1.21 bits per heavy atom. The molecule has 2 aromatic rings. The molecule has 2 heterocycles. The number of fused-ring (bicyclic) bond motifs is 1. The first-order chi connectivity index (χ1) is 13.8. The van der Waals surface area contributed by atoms with E-state index in [2.05, 4.69) is 4.98 Å². The molecule has 7 heteroatoms. The van der Waals surface area contributed by atoms with Gasteiger partial charge in [0.25, 0.3) is 0 Å². The molecule has 1 unspecified atom stereocenters. The number of carbonyl (C=O) groups excluding carboxylic acids is 2. The highest BCUT2D eigenvalue weighted by atomic mass is 16.6. The normalized spacial score (nSPS) is 20.6. The Morgan fingerprint density at radius 2 is 1.93 bits per heavy atom. The zero-order valence-electron chi connectivity index (χ0n) is 17.6. The van der Waals surface area contributed by atoms with Crippen molar-refractivity contribution in [3.63, 3.8) is 0 Å². The van der Waals surface area contributed by atoms with Crippen molar-refractivity contribution in [1.29, 1.82) is 0 Å². The molecule has 1 N–H and O–H groups in total. The topological polar surface area (TPSA) is 84.5 Å². The molecule has 1 aliphatic heterocycles. The first kappa shape index (κ1) is 19.7. The smallest absolute Gasteiger partial charge is 0.417 e. The summed E-state index contributed by atoms with van der Waals surface area (Å²) >= 11 is 0. The average molecular weight is 399 g/mol. The molecule has 0 radical (unpaired) electrons. The fourth-order valence-corrected chi connectivity index (χ4v) is 4.42. The lowest BCUT2D eigenvalue weighted by atomic mass is 9.96. The summed E-state index contributed by atoms with van der Waals surface area (Å²) in [5, 5.41) is 0. The molecule has 2 fully saturated rings. The van der Waals surface area contributed by atoms with E-state index in [9.17, 15) is 9.59 Å². The standard InChI is InChI=1S/C22H29N3O4/c1-22(2,3)29-21(27)25-12-11-15(20(25)26)14-9-10-16(28-4)18-17(14)23-19(24-18)13-7-5-6-8-13/h9-10,13,15H,5-8,11-12H2,1-4H3,(H,23,24). The van der Waals surface area contributed by atoms with Gasteiger partial charge in [-0.3, -0.25) is 4.79 Å². The molecule has 2 amide bonds. The maximum absolute atomic E-state index is 13.1. The zero-order chi connectivity index (χ0) is 20.8. The van der Waals surface area contributed by atoms with Crippen molar-refractivity contribution >= 4 is 23.0 Å². The predicted molar refractivity (Wildman–Crippen MR) is 109 cm³/mol. The molecule has 0 spiro atoms. The van der Waals surface area contributed by atoms with Crippen molar-refractivity contribution in [1.82, 2.24) is 14.9 Å². The van der Waals surface area contributed by atoms with Gasteiger partial charge in [0.1, 0.15) is 22.7 Å². The Bertz CT molecular complexity index is 937. The summed E-state index contributed by atoms with van der Waals surface area (Å²) in [6.45, 7) is 5.74. The summed E-state index contributed by atoms with van der Waals surface area (Å²) in [6, 6.07) is 3.78. The van der Waals surface area contributed by atoms with Gasteiger partial charge in [0, 0.05) is 12.5 Å². The van der Waals surface area contributed by atoms with Gasteiger partial charge < -0.3 is 14.5 Å². The monoisotopic (exact) mass is 399 g/mol. The van der Waals surface area contributed by atoms with Gasteiger partial charge in [-0.15, -0.1) is 0 Å². The van der Waals surface area contributed by atoms with E-state index in [0.29, 0.717) is 18.9 Å². The van der Waals surface area contributed by atoms with Crippen LogP contribution in [0, 0.1) is 0 Å². The van der Waals surface area contributed by atoms with E-state index < -0.39 is 17.6 Å². The van der Waals surface area contributed by atoms with Gasteiger partial charge in [-0.2, -0.15) is 0 Å². The van der Waals surface area contributed by atoms with E-state index >= 15 is 0 Å². The van der Waals surface area contributed by atoms with E-state index in [1.54, 1.807) is 27.9 Å². The quantitative estimate of drug-likeness (QED) is 0.822. The molecule has 2 aliphatic rings. The number of aromatic amines is 1. The first-order valence-corrected chi connectivity index (χ1v) is 10.4. The summed E-state index contributed by atoms with van der Waals surface area (Å²) in [6.07, 6.45) is 4.68. The highest BCUT2D eigenvalue weighted by Gasteiger charge is 2.40. The number of aromatic nitrogens is 2. The minimum atomic E-state index is -0.638. The van der Waals surface area contributed by atoms with E-state index in [4.69, 9.17) is 14.5 Å². The van der Waals surface area contributed by atoms with Gasteiger partial charge in [-0.1, -0.05) is 18.9 Å². The number of nitrogens with one attached hydrogen (secondary N) is 1. The van der Waals surface area contributed by atoms with Crippen LogP contribution < -0.4 is 4.74 Å². The summed E-state index contributed by atoms with van der Waals surface area (Å²) in [5.74, 6) is 1.48. The van der Waals surface area contributed by atoms with Crippen molar-refractivity contribution < 1.29 is 19.1 Å². The van der Waals surface area contributed by atoms with E-state index in [1.807, 2.05) is 12.1 Å². The Labute approximate surface area is 170 Å². The third kappa shape index (κ3) is 3.70. The van der Waals surface area contributed by atoms with Crippen molar-refractivity contribution in [2.24, 2.45) is 0 Å².